The Hall–Kier alpha value is -3.94. The number of hydrogen-bond donors (Lipinski definition) is 2. The predicted molar refractivity (Wildman–Crippen MR) is 164 cm³/mol. The second-order valence-electron chi connectivity index (χ2n) is 7.82. The first kappa shape index (κ1) is 35.1. The van der Waals surface area contributed by atoms with Gasteiger partial charge in [-0.1, -0.05) is 69.4 Å². The van der Waals surface area contributed by atoms with E-state index in [9.17, 15) is 13.7 Å². The van der Waals surface area contributed by atoms with E-state index in [1.807, 2.05) is 57.4 Å². The average Bonchev–Trinajstić information content (AvgIpc) is 3.43. The van der Waals surface area contributed by atoms with Crippen molar-refractivity contribution in [1.29, 1.82) is 0 Å². The van der Waals surface area contributed by atoms with Gasteiger partial charge < -0.3 is 15.6 Å². The highest BCUT2D eigenvalue weighted by atomic mass is 35.5. The number of aryl methyl sites for hydroxylation is 1. The molecule has 4 rings (SSSR count). The Kier molecular flexibility index (Phi) is 16.4. The van der Waals surface area contributed by atoms with Crippen molar-refractivity contribution >= 4 is 28.6 Å². The van der Waals surface area contributed by atoms with Gasteiger partial charge in [-0.3, -0.25) is 0 Å². The number of nitrogens with zero attached hydrogens (tertiary/aromatic N) is 5. The highest BCUT2D eigenvalue weighted by molar-refractivity contribution is 6.30. The van der Waals surface area contributed by atoms with Crippen LogP contribution in [-0.4, -0.2) is 32.6 Å². The Morgan fingerprint density at radius 1 is 1.05 bits per heavy atom. The van der Waals surface area contributed by atoms with E-state index in [0.29, 0.717) is 47.9 Å². The van der Waals surface area contributed by atoms with Crippen LogP contribution in [0.15, 0.2) is 54.0 Å². The standard InChI is InChI=1S/C25H21ClF2N6O.2C2H6.CH5N/c1-2-19(33-35)10-11-34-15-30-23-24(29-14-17-4-3-5-18(26)12-17)31-22(32-25(23)34)9-7-16-6-8-20(27)21(28)13-16;3*1-2/h3-6,8,12-13,15,19H,2,10-11,14H2,1H3,(H,29,31,32);2*1-2H3;2H2,1H3. The highest BCUT2D eigenvalue weighted by Gasteiger charge is 2.14. The lowest BCUT2D eigenvalue weighted by Gasteiger charge is -2.09. The summed E-state index contributed by atoms with van der Waals surface area (Å²) in [6, 6.07) is 10.5. The molecule has 2 aromatic carbocycles. The van der Waals surface area contributed by atoms with Crippen molar-refractivity contribution < 1.29 is 8.78 Å². The third-order valence-corrected chi connectivity index (χ3v) is 5.61. The molecule has 41 heavy (non-hydrogen) atoms. The molecule has 4 aromatic rings. The van der Waals surface area contributed by atoms with Gasteiger partial charge in [-0.2, -0.15) is 4.91 Å². The molecule has 0 spiro atoms. The summed E-state index contributed by atoms with van der Waals surface area (Å²) in [5.41, 5.74) is 6.81. The largest absolute Gasteiger partial charge is 0.364 e. The van der Waals surface area contributed by atoms with Crippen LogP contribution >= 0.6 is 11.6 Å². The molecule has 2 heterocycles. The number of fused-ring (bicyclic) bond motifs is 1. The van der Waals surface area contributed by atoms with E-state index >= 15 is 0 Å². The summed E-state index contributed by atoms with van der Waals surface area (Å²) in [5.74, 6) is 4.30. The number of imidazole rings is 1. The molecule has 1 unspecified atom stereocenters. The average molecular weight is 586 g/mol. The normalized spacial score (nSPS) is 10.4. The minimum absolute atomic E-state index is 0.179. The van der Waals surface area contributed by atoms with Gasteiger partial charge in [-0.25, -0.2) is 23.7 Å². The maximum Gasteiger partial charge on any atom is 0.209 e. The summed E-state index contributed by atoms with van der Waals surface area (Å²) in [5, 5.41) is 7.02. The van der Waals surface area contributed by atoms with Gasteiger partial charge in [-0.15, -0.1) is 0 Å². The summed E-state index contributed by atoms with van der Waals surface area (Å²) in [6.07, 6.45) is 2.81. The number of aromatic nitrogens is 4. The number of hydrogen-bond acceptors (Lipinski definition) is 7. The number of nitrogens with two attached hydrogens (primary N) is 1. The Bertz CT molecular complexity index is 1430. The Morgan fingerprint density at radius 2 is 1.78 bits per heavy atom. The third kappa shape index (κ3) is 10.5. The molecular weight excluding hydrogens is 548 g/mol. The van der Waals surface area contributed by atoms with Crippen LogP contribution < -0.4 is 11.1 Å². The van der Waals surface area contributed by atoms with Crippen LogP contribution in [0, 0.1) is 28.4 Å². The Morgan fingerprint density at radius 3 is 2.41 bits per heavy atom. The van der Waals surface area contributed by atoms with Crippen molar-refractivity contribution in [2.45, 2.75) is 66.6 Å². The van der Waals surface area contributed by atoms with Gasteiger partial charge in [0, 0.05) is 23.7 Å². The summed E-state index contributed by atoms with van der Waals surface area (Å²) < 4.78 is 28.6. The van der Waals surface area contributed by atoms with Crippen LogP contribution in [0.1, 0.15) is 64.4 Å². The number of nitrogens with one attached hydrogen (secondary N) is 1. The van der Waals surface area contributed by atoms with E-state index in [2.05, 4.69) is 43.0 Å². The monoisotopic (exact) mass is 585 g/mol. The molecular formula is C30H38ClF2N7O. The zero-order valence-electron chi connectivity index (χ0n) is 24.4. The van der Waals surface area contributed by atoms with Gasteiger partial charge in [0.25, 0.3) is 0 Å². The highest BCUT2D eigenvalue weighted by Crippen LogP contribution is 2.21. The second kappa shape index (κ2) is 19.2. The molecule has 3 N–H and O–H groups in total. The fourth-order valence-electron chi connectivity index (χ4n) is 3.44. The molecule has 11 heteroatoms. The van der Waals surface area contributed by atoms with Crippen molar-refractivity contribution in [1.82, 2.24) is 19.5 Å². The molecule has 1 atom stereocenters. The maximum atomic E-state index is 13.6. The minimum Gasteiger partial charge on any atom is -0.364 e. The molecule has 2 aromatic heterocycles. The van der Waals surface area contributed by atoms with Crippen LogP contribution in [-0.2, 0) is 13.1 Å². The van der Waals surface area contributed by atoms with Crippen molar-refractivity contribution in [2.24, 2.45) is 10.9 Å². The molecule has 0 aliphatic rings. The van der Waals surface area contributed by atoms with Crippen molar-refractivity contribution in [3.63, 3.8) is 0 Å². The lowest BCUT2D eigenvalue weighted by Crippen LogP contribution is -2.09. The minimum atomic E-state index is -0.982. The van der Waals surface area contributed by atoms with Crippen molar-refractivity contribution in [3.8, 4) is 11.8 Å². The topological polar surface area (TPSA) is 111 Å². The van der Waals surface area contributed by atoms with Gasteiger partial charge in [0.05, 0.1) is 12.4 Å². The van der Waals surface area contributed by atoms with E-state index in [-0.39, 0.29) is 17.4 Å². The smallest absolute Gasteiger partial charge is 0.209 e. The fourth-order valence-corrected chi connectivity index (χ4v) is 3.65. The molecule has 0 amide bonds. The van der Waals surface area contributed by atoms with Gasteiger partial charge in [0.15, 0.2) is 28.6 Å². The molecule has 0 saturated heterocycles. The van der Waals surface area contributed by atoms with Gasteiger partial charge in [0.1, 0.15) is 0 Å². The zero-order chi connectivity index (χ0) is 30.8. The zero-order valence-corrected chi connectivity index (χ0v) is 25.1. The fraction of sp³-hybridized carbons (Fsp3) is 0.367. The summed E-state index contributed by atoms with van der Waals surface area (Å²) in [4.78, 5) is 24.5. The molecule has 0 fully saturated rings. The number of anilines is 1. The first-order valence-corrected chi connectivity index (χ1v) is 13.9. The summed E-state index contributed by atoms with van der Waals surface area (Å²) in [6.45, 7) is 10.8. The quantitative estimate of drug-likeness (QED) is 0.165. The number of halogens is 3. The molecule has 0 aliphatic carbocycles. The van der Waals surface area contributed by atoms with Gasteiger partial charge in [-0.05, 0) is 61.7 Å². The Balaban J connectivity index is 0.00000131. The van der Waals surface area contributed by atoms with Crippen LogP contribution in [0.4, 0.5) is 14.6 Å². The number of benzene rings is 2. The van der Waals surface area contributed by atoms with Crippen LogP contribution in [0.5, 0.6) is 0 Å². The van der Waals surface area contributed by atoms with Gasteiger partial charge >= 0.3 is 0 Å². The van der Waals surface area contributed by atoms with Crippen molar-refractivity contribution in [2.75, 3.05) is 12.4 Å². The molecule has 8 nitrogen and oxygen atoms in total. The number of nitroso groups, excluding NO2 is 1. The van der Waals surface area contributed by atoms with E-state index < -0.39 is 11.6 Å². The first-order chi connectivity index (χ1) is 20.0. The van der Waals surface area contributed by atoms with Crippen molar-refractivity contribution in [3.05, 3.63) is 87.3 Å². The lowest BCUT2D eigenvalue weighted by atomic mass is 10.2. The molecule has 0 saturated carbocycles. The molecule has 220 valence electrons. The van der Waals surface area contributed by atoms with E-state index in [0.717, 1.165) is 17.7 Å². The molecule has 0 radical (unpaired) electrons. The van der Waals surface area contributed by atoms with Crippen LogP contribution in [0.25, 0.3) is 11.2 Å². The van der Waals surface area contributed by atoms with Crippen LogP contribution in [0.3, 0.4) is 0 Å². The molecule has 0 bridgehead atoms. The van der Waals surface area contributed by atoms with Crippen LogP contribution in [0.2, 0.25) is 5.02 Å². The van der Waals surface area contributed by atoms with Gasteiger partial charge in [0.2, 0.25) is 5.82 Å². The number of rotatable bonds is 8. The third-order valence-electron chi connectivity index (χ3n) is 5.37. The first-order valence-electron chi connectivity index (χ1n) is 13.5. The lowest BCUT2D eigenvalue weighted by molar-refractivity contribution is 0.508. The maximum absolute atomic E-state index is 13.6. The predicted octanol–water partition coefficient (Wildman–Crippen LogP) is 7.33. The van der Waals surface area contributed by atoms with E-state index in [1.54, 1.807) is 12.4 Å². The Labute approximate surface area is 245 Å². The summed E-state index contributed by atoms with van der Waals surface area (Å²) in [7, 11) is 1.50. The van der Waals surface area contributed by atoms with E-state index in [1.165, 1.54) is 13.1 Å². The van der Waals surface area contributed by atoms with E-state index in [4.69, 9.17) is 11.6 Å². The molecule has 0 aliphatic heterocycles. The SMILES string of the molecule is CC.CC.CCC(CCn1cnc2c(NCc3cccc(Cl)c3)nc(C#Cc3ccc(F)c(F)c3)nc21)N=O.CN. The second-order valence-corrected chi connectivity index (χ2v) is 8.26. The summed E-state index contributed by atoms with van der Waals surface area (Å²) >= 11 is 6.09.